The van der Waals surface area contributed by atoms with E-state index in [4.69, 9.17) is 0 Å². The largest absolute Gasteiger partial charge is 0.310 e. The van der Waals surface area contributed by atoms with Gasteiger partial charge in [0.2, 0.25) is 0 Å². The van der Waals surface area contributed by atoms with Gasteiger partial charge in [0.1, 0.15) is 0 Å². The molecule has 2 heteroatoms. The fourth-order valence-electron chi connectivity index (χ4n) is 11.7. The molecule has 0 unspecified atom stereocenters. The quantitative estimate of drug-likeness (QED) is 0.161. The normalized spacial score (nSPS) is 14.1. The van der Waals surface area contributed by atoms with E-state index in [9.17, 15) is 0 Å². The third-order valence-corrected chi connectivity index (χ3v) is 14.9. The zero-order valence-electron chi connectivity index (χ0n) is 37.0. The Morgan fingerprint density at radius 3 is 1.51 bits per heavy atom. The van der Waals surface area contributed by atoms with E-state index >= 15 is 0 Å². The van der Waals surface area contributed by atoms with Gasteiger partial charge in [0.05, 0.1) is 5.69 Å². The standard InChI is InChI=1S/C63H46N2/c1-62(2)55-25-12-11-19-45(55)47-31-28-42(36-57(47)62)65(59-26-14-17-40-33-34-64-38-54(40)59)43-29-32-48-46-30-27-41(35-56(46)63(3,4)58(48)37-43)60-50-20-7-9-22-52(50)61(53-23-10-8-21-51(53)60)49-24-13-16-39-15-5-6-18-44(39)49/h5-38H,1-4H3. The van der Waals surface area contributed by atoms with Crippen molar-refractivity contribution in [3.63, 3.8) is 0 Å². The van der Waals surface area contributed by atoms with E-state index in [-0.39, 0.29) is 10.8 Å². The predicted octanol–water partition coefficient (Wildman–Crippen LogP) is 17.1. The molecule has 0 saturated heterocycles. The monoisotopic (exact) mass is 830 g/mol. The first-order valence-electron chi connectivity index (χ1n) is 22.9. The summed E-state index contributed by atoms with van der Waals surface area (Å²) in [5.74, 6) is 0. The van der Waals surface area contributed by atoms with Gasteiger partial charge in [-0.1, -0.05) is 179 Å². The maximum Gasteiger partial charge on any atom is 0.0555 e. The Kier molecular flexibility index (Phi) is 8.03. The number of hydrogen-bond donors (Lipinski definition) is 0. The smallest absolute Gasteiger partial charge is 0.0555 e. The first-order chi connectivity index (χ1) is 31.8. The Labute approximate surface area is 380 Å². The van der Waals surface area contributed by atoms with Gasteiger partial charge in [-0.15, -0.1) is 0 Å². The zero-order valence-corrected chi connectivity index (χ0v) is 37.0. The lowest BCUT2D eigenvalue weighted by atomic mass is 9.80. The first kappa shape index (κ1) is 37.7. The lowest BCUT2D eigenvalue weighted by Crippen LogP contribution is -2.18. The molecule has 0 aliphatic heterocycles. The molecule has 11 aromatic rings. The van der Waals surface area contributed by atoms with Gasteiger partial charge in [-0.2, -0.15) is 0 Å². The van der Waals surface area contributed by atoms with E-state index in [2.05, 4.69) is 232 Å². The summed E-state index contributed by atoms with van der Waals surface area (Å²) in [5.41, 5.74) is 18.8. The molecular weight excluding hydrogens is 785 g/mol. The zero-order chi connectivity index (χ0) is 43.6. The van der Waals surface area contributed by atoms with Crippen molar-refractivity contribution < 1.29 is 0 Å². The number of anilines is 3. The highest BCUT2D eigenvalue weighted by Gasteiger charge is 2.38. The first-order valence-corrected chi connectivity index (χ1v) is 22.9. The van der Waals surface area contributed by atoms with Crippen LogP contribution in [0.1, 0.15) is 49.9 Å². The Morgan fingerprint density at radius 1 is 0.354 bits per heavy atom. The van der Waals surface area contributed by atoms with Gasteiger partial charge >= 0.3 is 0 Å². The number of aromatic nitrogens is 1. The fourth-order valence-corrected chi connectivity index (χ4v) is 11.7. The van der Waals surface area contributed by atoms with Crippen molar-refractivity contribution in [3.05, 3.63) is 229 Å². The van der Waals surface area contributed by atoms with Crippen molar-refractivity contribution in [1.82, 2.24) is 4.98 Å². The third-order valence-electron chi connectivity index (χ3n) is 14.9. The highest BCUT2D eigenvalue weighted by Crippen LogP contribution is 2.55. The van der Waals surface area contributed by atoms with E-state index in [1.54, 1.807) is 0 Å². The van der Waals surface area contributed by atoms with Crippen LogP contribution in [0.4, 0.5) is 17.1 Å². The fraction of sp³-hybridized carbons (Fsp3) is 0.0952. The van der Waals surface area contributed by atoms with Crippen LogP contribution in [-0.4, -0.2) is 4.98 Å². The van der Waals surface area contributed by atoms with Gasteiger partial charge in [0, 0.05) is 40.0 Å². The van der Waals surface area contributed by atoms with Crippen LogP contribution in [0, 0.1) is 0 Å². The van der Waals surface area contributed by atoms with Crippen LogP contribution in [0.3, 0.4) is 0 Å². The molecule has 10 aromatic carbocycles. The van der Waals surface area contributed by atoms with Gasteiger partial charge < -0.3 is 4.90 Å². The van der Waals surface area contributed by atoms with Gasteiger partial charge in [0.15, 0.2) is 0 Å². The molecule has 0 bridgehead atoms. The minimum absolute atomic E-state index is 0.125. The minimum atomic E-state index is -0.265. The van der Waals surface area contributed by atoms with E-state index in [1.807, 2.05) is 12.4 Å². The molecule has 2 aliphatic rings. The lowest BCUT2D eigenvalue weighted by Gasteiger charge is -2.30. The lowest BCUT2D eigenvalue weighted by molar-refractivity contribution is 0.660. The van der Waals surface area contributed by atoms with E-state index in [1.165, 1.54) is 104 Å². The number of pyridine rings is 1. The van der Waals surface area contributed by atoms with E-state index in [0.717, 1.165) is 22.4 Å². The van der Waals surface area contributed by atoms with Crippen molar-refractivity contribution in [2.24, 2.45) is 0 Å². The average Bonchev–Trinajstić information content (AvgIpc) is 3.71. The Balaban J connectivity index is 0.974. The van der Waals surface area contributed by atoms with Crippen LogP contribution >= 0.6 is 0 Å². The van der Waals surface area contributed by atoms with Crippen molar-refractivity contribution in [2.75, 3.05) is 4.90 Å². The van der Waals surface area contributed by atoms with Crippen LogP contribution in [-0.2, 0) is 10.8 Å². The molecule has 0 amide bonds. The van der Waals surface area contributed by atoms with Crippen LogP contribution in [0.25, 0.3) is 87.6 Å². The highest BCUT2D eigenvalue weighted by molar-refractivity contribution is 6.23. The summed E-state index contributed by atoms with van der Waals surface area (Å²) < 4.78 is 0. The van der Waals surface area contributed by atoms with Crippen LogP contribution < -0.4 is 4.90 Å². The van der Waals surface area contributed by atoms with Gasteiger partial charge in [-0.25, -0.2) is 0 Å². The average molecular weight is 831 g/mol. The maximum absolute atomic E-state index is 4.64. The molecule has 0 N–H and O–H groups in total. The summed E-state index contributed by atoms with van der Waals surface area (Å²) >= 11 is 0. The topological polar surface area (TPSA) is 16.1 Å². The molecule has 1 heterocycles. The summed E-state index contributed by atoms with van der Waals surface area (Å²) in [5, 5.41) is 9.90. The Hall–Kier alpha value is -7.81. The van der Waals surface area contributed by atoms with Gasteiger partial charge in [-0.05, 0) is 147 Å². The van der Waals surface area contributed by atoms with Gasteiger partial charge in [0.25, 0.3) is 0 Å². The molecule has 0 radical (unpaired) electrons. The molecular formula is C63H46N2. The number of rotatable bonds is 5. The molecule has 65 heavy (non-hydrogen) atoms. The SMILES string of the molecule is CC1(C)c2ccccc2-c2ccc(N(c3ccc4c(c3)C(C)(C)c3cc(-c5c6ccccc6c(-c6cccc7ccccc67)c6ccccc56)ccc3-4)c3cccc4ccncc34)cc21. The molecule has 0 fully saturated rings. The number of hydrogen-bond acceptors (Lipinski definition) is 2. The van der Waals surface area contributed by atoms with Crippen molar-refractivity contribution in [2.45, 2.75) is 38.5 Å². The van der Waals surface area contributed by atoms with Crippen LogP contribution in [0.5, 0.6) is 0 Å². The molecule has 2 aliphatic carbocycles. The van der Waals surface area contributed by atoms with E-state index < -0.39 is 0 Å². The summed E-state index contributed by atoms with van der Waals surface area (Å²) in [6.45, 7) is 9.54. The van der Waals surface area contributed by atoms with Crippen molar-refractivity contribution in [3.8, 4) is 44.5 Å². The molecule has 2 nitrogen and oxygen atoms in total. The molecule has 1 aromatic heterocycles. The highest BCUT2D eigenvalue weighted by atomic mass is 15.1. The minimum Gasteiger partial charge on any atom is -0.310 e. The number of fused-ring (bicyclic) bond motifs is 10. The molecule has 0 saturated carbocycles. The van der Waals surface area contributed by atoms with Crippen molar-refractivity contribution in [1.29, 1.82) is 0 Å². The molecule has 13 rings (SSSR count). The Bertz CT molecular complexity index is 3730. The number of nitrogens with zero attached hydrogens (tertiary/aromatic N) is 2. The number of benzene rings is 10. The second-order valence-electron chi connectivity index (χ2n) is 19.1. The van der Waals surface area contributed by atoms with Gasteiger partial charge in [-0.3, -0.25) is 4.98 Å². The summed E-state index contributed by atoms with van der Waals surface area (Å²) in [4.78, 5) is 7.10. The summed E-state index contributed by atoms with van der Waals surface area (Å²) in [7, 11) is 0. The van der Waals surface area contributed by atoms with Crippen LogP contribution in [0.15, 0.2) is 207 Å². The maximum atomic E-state index is 4.64. The van der Waals surface area contributed by atoms with Crippen molar-refractivity contribution >= 4 is 60.2 Å². The second-order valence-corrected chi connectivity index (χ2v) is 19.1. The second kappa shape index (κ2) is 13.8. The summed E-state index contributed by atoms with van der Waals surface area (Å²) in [6, 6.07) is 72.6. The van der Waals surface area contributed by atoms with E-state index in [0.29, 0.717) is 0 Å². The van der Waals surface area contributed by atoms with Crippen LogP contribution in [0.2, 0.25) is 0 Å². The molecule has 0 atom stereocenters. The molecule has 308 valence electrons. The molecule has 0 spiro atoms. The predicted molar refractivity (Wildman–Crippen MR) is 275 cm³/mol. The third kappa shape index (κ3) is 5.44. The Morgan fingerprint density at radius 2 is 0.831 bits per heavy atom. The summed E-state index contributed by atoms with van der Waals surface area (Å²) in [6.07, 6.45) is 3.90.